The van der Waals surface area contributed by atoms with Crippen LogP contribution in [-0.2, 0) is 22.6 Å². The molecule has 2 aromatic carbocycles. The Morgan fingerprint density at radius 3 is 2.36 bits per heavy atom. The molecule has 1 N–H and O–H groups in total. The molecule has 0 aliphatic carbocycles. The topological polar surface area (TPSA) is 53.0 Å². The van der Waals surface area contributed by atoms with Crippen molar-refractivity contribution in [2.24, 2.45) is 0 Å². The predicted molar refractivity (Wildman–Crippen MR) is 96.0 cm³/mol. The molecule has 0 aromatic heterocycles. The molecule has 5 heteroatoms. The molecule has 1 aliphatic heterocycles. The Balaban J connectivity index is 1.70. The van der Waals surface area contributed by atoms with Gasteiger partial charge in [0.2, 0.25) is 5.91 Å². The Morgan fingerprint density at radius 1 is 1.08 bits per heavy atom. The highest BCUT2D eigenvalue weighted by atomic mass is 16.5. The molecule has 1 heterocycles. The van der Waals surface area contributed by atoms with E-state index in [4.69, 9.17) is 4.74 Å². The summed E-state index contributed by atoms with van der Waals surface area (Å²) in [6, 6.07) is 15.4. The van der Waals surface area contributed by atoms with E-state index in [-0.39, 0.29) is 17.8 Å². The molecule has 1 fully saturated rings. The Kier molecular flexibility index (Phi) is 5.36. The number of carbonyl (C=O) groups is 1. The van der Waals surface area contributed by atoms with Crippen LogP contribution in [0, 0.1) is 0 Å². The van der Waals surface area contributed by atoms with Gasteiger partial charge >= 0.3 is 0 Å². The van der Waals surface area contributed by atoms with Gasteiger partial charge in [-0.3, -0.25) is 9.69 Å². The Hall–Kier alpha value is -2.37. The standard InChI is InChI=1S/C20H24N2O3/c1-21-13-19(24)22(20(21)17-7-9-18(23)10-8-17)12-11-15-3-5-16(6-4-15)14-25-2/h3-10,20,23H,11-14H2,1-2H3. The van der Waals surface area contributed by atoms with Crippen molar-refractivity contribution in [2.45, 2.75) is 19.2 Å². The highest BCUT2D eigenvalue weighted by Gasteiger charge is 2.35. The van der Waals surface area contributed by atoms with Gasteiger partial charge in [-0.15, -0.1) is 0 Å². The van der Waals surface area contributed by atoms with Crippen LogP contribution in [0.1, 0.15) is 22.9 Å². The summed E-state index contributed by atoms with van der Waals surface area (Å²) in [6.07, 6.45) is 0.724. The average Bonchev–Trinajstić information content (AvgIpc) is 2.89. The lowest BCUT2D eigenvalue weighted by atomic mass is 10.1. The fraction of sp³-hybridized carbons (Fsp3) is 0.350. The molecule has 5 nitrogen and oxygen atoms in total. The first-order valence-electron chi connectivity index (χ1n) is 8.44. The van der Waals surface area contributed by atoms with E-state index < -0.39 is 0 Å². The number of benzene rings is 2. The number of phenolic OH excluding ortho intramolecular Hbond substituents is 1. The van der Waals surface area contributed by atoms with Crippen molar-refractivity contribution >= 4 is 5.91 Å². The molecule has 2 aromatic rings. The lowest BCUT2D eigenvalue weighted by Gasteiger charge is -2.28. The zero-order valence-corrected chi connectivity index (χ0v) is 14.7. The van der Waals surface area contributed by atoms with Crippen molar-refractivity contribution in [3.05, 3.63) is 65.2 Å². The Morgan fingerprint density at radius 2 is 1.72 bits per heavy atom. The molecule has 1 atom stereocenters. The SMILES string of the molecule is COCc1ccc(CCN2C(=O)CN(C)C2c2ccc(O)cc2)cc1. The number of ether oxygens (including phenoxy) is 1. The molecule has 1 unspecified atom stereocenters. The van der Waals surface area contributed by atoms with Crippen LogP contribution in [0.2, 0.25) is 0 Å². The number of hydrogen-bond donors (Lipinski definition) is 1. The highest BCUT2D eigenvalue weighted by molar-refractivity contribution is 5.81. The molecule has 0 saturated carbocycles. The third kappa shape index (κ3) is 4.00. The molecule has 1 amide bonds. The summed E-state index contributed by atoms with van der Waals surface area (Å²) in [5.41, 5.74) is 3.36. The van der Waals surface area contributed by atoms with E-state index in [2.05, 4.69) is 24.3 Å². The number of rotatable bonds is 6. The molecular formula is C20H24N2O3. The van der Waals surface area contributed by atoms with Gasteiger partial charge in [-0.05, 0) is 42.3 Å². The van der Waals surface area contributed by atoms with E-state index in [9.17, 15) is 9.90 Å². The molecule has 3 rings (SSSR count). The van der Waals surface area contributed by atoms with Crippen molar-refractivity contribution in [3.8, 4) is 5.75 Å². The fourth-order valence-electron chi connectivity index (χ4n) is 3.31. The smallest absolute Gasteiger partial charge is 0.238 e. The predicted octanol–water partition coefficient (Wildman–Crippen LogP) is 2.55. The van der Waals surface area contributed by atoms with Crippen molar-refractivity contribution in [3.63, 3.8) is 0 Å². The summed E-state index contributed by atoms with van der Waals surface area (Å²) in [5, 5.41) is 9.49. The van der Waals surface area contributed by atoms with Crippen LogP contribution in [0.4, 0.5) is 0 Å². The Labute approximate surface area is 148 Å². The summed E-state index contributed by atoms with van der Waals surface area (Å²) in [6.45, 7) is 1.69. The maximum Gasteiger partial charge on any atom is 0.238 e. The van der Waals surface area contributed by atoms with Crippen LogP contribution in [0.25, 0.3) is 0 Å². The van der Waals surface area contributed by atoms with Crippen LogP contribution in [0.3, 0.4) is 0 Å². The van der Waals surface area contributed by atoms with Gasteiger partial charge in [-0.25, -0.2) is 0 Å². The van der Waals surface area contributed by atoms with Crippen LogP contribution >= 0.6 is 0 Å². The zero-order chi connectivity index (χ0) is 17.8. The number of hydrogen-bond acceptors (Lipinski definition) is 4. The van der Waals surface area contributed by atoms with Crippen molar-refractivity contribution < 1.29 is 14.6 Å². The van der Waals surface area contributed by atoms with E-state index in [1.807, 2.05) is 29.0 Å². The Bertz CT molecular complexity index is 713. The molecule has 1 saturated heterocycles. The minimum atomic E-state index is -0.0825. The van der Waals surface area contributed by atoms with Gasteiger partial charge in [0.15, 0.2) is 0 Å². The molecule has 0 radical (unpaired) electrons. The van der Waals surface area contributed by atoms with E-state index in [1.54, 1.807) is 19.2 Å². The third-order valence-electron chi connectivity index (χ3n) is 4.58. The summed E-state index contributed by atoms with van der Waals surface area (Å²) in [7, 11) is 3.64. The van der Waals surface area contributed by atoms with E-state index >= 15 is 0 Å². The number of aromatic hydroxyl groups is 1. The van der Waals surface area contributed by atoms with Gasteiger partial charge < -0.3 is 14.7 Å². The number of amides is 1. The largest absolute Gasteiger partial charge is 0.508 e. The number of carbonyl (C=O) groups excluding carboxylic acids is 1. The molecule has 25 heavy (non-hydrogen) atoms. The second-order valence-electron chi connectivity index (χ2n) is 6.47. The second-order valence-corrected chi connectivity index (χ2v) is 6.47. The lowest BCUT2D eigenvalue weighted by molar-refractivity contribution is -0.128. The minimum absolute atomic E-state index is 0.0825. The summed E-state index contributed by atoms with van der Waals surface area (Å²) < 4.78 is 5.13. The third-order valence-corrected chi connectivity index (χ3v) is 4.58. The van der Waals surface area contributed by atoms with Crippen molar-refractivity contribution in [2.75, 3.05) is 27.2 Å². The monoisotopic (exact) mass is 340 g/mol. The maximum atomic E-state index is 12.4. The normalized spacial score (nSPS) is 18.1. The van der Waals surface area contributed by atoms with Crippen LogP contribution in [0.5, 0.6) is 5.75 Å². The van der Waals surface area contributed by atoms with Gasteiger partial charge in [0.05, 0.1) is 13.2 Å². The fourth-order valence-corrected chi connectivity index (χ4v) is 3.31. The lowest BCUT2D eigenvalue weighted by Crippen LogP contribution is -2.32. The van der Waals surface area contributed by atoms with Crippen molar-refractivity contribution in [1.29, 1.82) is 0 Å². The van der Waals surface area contributed by atoms with Gasteiger partial charge in [-0.2, -0.15) is 0 Å². The van der Waals surface area contributed by atoms with Crippen molar-refractivity contribution in [1.82, 2.24) is 9.80 Å². The van der Waals surface area contributed by atoms with Gasteiger partial charge in [0, 0.05) is 13.7 Å². The molecule has 132 valence electrons. The maximum absolute atomic E-state index is 12.4. The number of nitrogens with zero attached hydrogens (tertiary/aromatic N) is 2. The first-order chi connectivity index (χ1) is 12.1. The molecule has 0 spiro atoms. The van der Waals surface area contributed by atoms with E-state index in [1.165, 1.54) is 5.56 Å². The highest BCUT2D eigenvalue weighted by Crippen LogP contribution is 2.30. The van der Waals surface area contributed by atoms with Gasteiger partial charge in [0.25, 0.3) is 0 Å². The number of phenols is 1. The second kappa shape index (κ2) is 7.68. The summed E-state index contributed by atoms with van der Waals surface area (Å²) in [5.74, 6) is 0.370. The van der Waals surface area contributed by atoms with Gasteiger partial charge in [0.1, 0.15) is 11.9 Å². The van der Waals surface area contributed by atoms with Gasteiger partial charge in [-0.1, -0.05) is 36.4 Å². The van der Waals surface area contributed by atoms with Crippen LogP contribution in [-0.4, -0.2) is 48.1 Å². The van der Waals surface area contributed by atoms with E-state index in [0.29, 0.717) is 19.7 Å². The van der Waals surface area contributed by atoms with Crippen LogP contribution < -0.4 is 0 Å². The summed E-state index contributed by atoms with van der Waals surface area (Å²) in [4.78, 5) is 16.4. The number of likely N-dealkylation sites (N-methyl/N-ethyl adjacent to an activating group) is 1. The minimum Gasteiger partial charge on any atom is -0.508 e. The van der Waals surface area contributed by atoms with Crippen LogP contribution in [0.15, 0.2) is 48.5 Å². The first kappa shape index (κ1) is 17.5. The zero-order valence-electron chi connectivity index (χ0n) is 14.7. The average molecular weight is 340 g/mol. The quantitative estimate of drug-likeness (QED) is 0.878. The number of methoxy groups -OCH3 is 1. The molecule has 1 aliphatic rings. The molecule has 0 bridgehead atoms. The molecular weight excluding hydrogens is 316 g/mol. The van der Waals surface area contributed by atoms with E-state index in [0.717, 1.165) is 17.5 Å². The first-order valence-corrected chi connectivity index (χ1v) is 8.44. The summed E-state index contributed by atoms with van der Waals surface area (Å²) >= 11 is 0.